The van der Waals surface area contributed by atoms with Gasteiger partial charge in [0.1, 0.15) is 0 Å². The van der Waals surface area contributed by atoms with Crippen LogP contribution in [0.3, 0.4) is 0 Å². The zero-order valence-electron chi connectivity index (χ0n) is 21.6. The average Bonchev–Trinajstić information content (AvgIpc) is 2.90. The molecular weight excluding hydrogens is 406 g/mol. The van der Waals surface area contributed by atoms with Crippen molar-refractivity contribution >= 4 is 5.57 Å². The molecule has 0 radical (unpaired) electrons. The van der Waals surface area contributed by atoms with Gasteiger partial charge in [0.25, 0.3) is 0 Å². The Morgan fingerprint density at radius 3 is 1.94 bits per heavy atom. The molecule has 0 saturated heterocycles. The lowest BCUT2D eigenvalue weighted by Crippen LogP contribution is -1.93. The van der Waals surface area contributed by atoms with E-state index in [4.69, 9.17) is 4.98 Å². The van der Waals surface area contributed by atoms with Crippen molar-refractivity contribution in [1.29, 1.82) is 0 Å². The van der Waals surface area contributed by atoms with Gasteiger partial charge in [-0.25, -0.2) is 4.98 Å². The van der Waals surface area contributed by atoms with Crippen molar-refractivity contribution in [3.05, 3.63) is 84.6 Å². The molecule has 33 heavy (non-hydrogen) atoms. The van der Waals surface area contributed by atoms with Crippen LogP contribution in [0, 0.1) is 0 Å². The van der Waals surface area contributed by atoms with E-state index in [2.05, 4.69) is 19.1 Å². The molecule has 1 heterocycles. The van der Waals surface area contributed by atoms with Gasteiger partial charge in [0, 0.05) is 5.56 Å². The fraction of sp³-hybridized carbons (Fsp3) is 0.300. The van der Waals surface area contributed by atoms with Gasteiger partial charge in [0.2, 0.25) is 0 Å². The highest BCUT2D eigenvalue weighted by atomic mass is 16.3. The van der Waals surface area contributed by atoms with E-state index in [1.165, 1.54) is 6.07 Å². The summed E-state index contributed by atoms with van der Waals surface area (Å²) in [4.78, 5) is 4.86. The number of allylic oxidation sites excluding steroid dienone is 4. The minimum Gasteiger partial charge on any atom is -0.504 e. The topological polar surface area (TPSA) is 53.4 Å². The third kappa shape index (κ3) is 8.97. The molecule has 0 amide bonds. The summed E-state index contributed by atoms with van der Waals surface area (Å²) in [6.07, 6.45) is 7.18. The number of pyridine rings is 1. The maximum atomic E-state index is 9.90. The summed E-state index contributed by atoms with van der Waals surface area (Å²) in [7, 11) is 0. The van der Waals surface area contributed by atoms with Crippen LogP contribution < -0.4 is 0 Å². The molecule has 0 saturated carbocycles. The van der Waals surface area contributed by atoms with Gasteiger partial charge in [0.15, 0.2) is 11.5 Å². The summed E-state index contributed by atoms with van der Waals surface area (Å²) in [5.41, 5.74) is 5.54. The Kier molecular flexibility index (Phi) is 15.5. The maximum absolute atomic E-state index is 9.90. The van der Waals surface area contributed by atoms with Crippen LogP contribution in [0.4, 0.5) is 0 Å². The Morgan fingerprint density at radius 1 is 0.758 bits per heavy atom. The monoisotopic (exact) mass is 447 g/mol. The first-order valence-corrected chi connectivity index (χ1v) is 12.1. The van der Waals surface area contributed by atoms with Gasteiger partial charge < -0.3 is 10.2 Å². The SMILES string of the molecule is C/C=C(\C=C/CC)c1cc(-c2ccc(O)c(O)c2)cc(-c2ccccc2)n1.CC.CC.CC. The van der Waals surface area contributed by atoms with E-state index in [1.807, 2.05) is 97.0 Å². The Hall–Kier alpha value is -3.33. The van der Waals surface area contributed by atoms with Gasteiger partial charge >= 0.3 is 0 Å². The van der Waals surface area contributed by atoms with Crippen LogP contribution in [0.15, 0.2) is 78.9 Å². The van der Waals surface area contributed by atoms with Gasteiger partial charge in [-0.15, -0.1) is 0 Å². The molecule has 0 bridgehead atoms. The van der Waals surface area contributed by atoms with E-state index in [1.54, 1.807) is 12.1 Å². The Labute approximate surface area is 201 Å². The van der Waals surface area contributed by atoms with E-state index in [0.717, 1.165) is 40.1 Å². The molecule has 2 N–H and O–H groups in total. The molecule has 0 spiro atoms. The maximum Gasteiger partial charge on any atom is 0.158 e. The van der Waals surface area contributed by atoms with E-state index in [-0.39, 0.29) is 11.5 Å². The lowest BCUT2D eigenvalue weighted by atomic mass is 9.99. The van der Waals surface area contributed by atoms with Gasteiger partial charge in [0.05, 0.1) is 11.4 Å². The number of phenolic OH excluding ortho intramolecular Hbond substituents is 2. The Morgan fingerprint density at radius 2 is 1.39 bits per heavy atom. The average molecular weight is 448 g/mol. The molecule has 2 aromatic carbocycles. The highest BCUT2D eigenvalue weighted by Gasteiger charge is 2.10. The molecule has 3 heteroatoms. The summed E-state index contributed by atoms with van der Waals surface area (Å²) in [6, 6.07) is 18.9. The second-order valence-electron chi connectivity index (χ2n) is 6.25. The van der Waals surface area contributed by atoms with E-state index >= 15 is 0 Å². The molecule has 0 aliphatic heterocycles. The molecule has 0 atom stereocenters. The van der Waals surface area contributed by atoms with E-state index in [0.29, 0.717) is 0 Å². The number of benzene rings is 2. The minimum absolute atomic E-state index is 0.128. The fourth-order valence-electron chi connectivity index (χ4n) is 2.88. The van der Waals surface area contributed by atoms with Crippen molar-refractivity contribution in [3.8, 4) is 33.9 Å². The Bertz CT molecular complexity index is 989. The molecule has 3 rings (SSSR count). The zero-order valence-corrected chi connectivity index (χ0v) is 21.6. The van der Waals surface area contributed by atoms with Gasteiger partial charge in [-0.05, 0) is 54.3 Å². The molecule has 0 aliphatic carbocycles. The van der Waals surface area contributed by atoms with Crippen molar-refractivity contribution in [3.63, 3.8) is 0 Å². The number of hydrogen-bond donors (Lipinski definition) is 2. The first-order chi connectivity index (χ1) is 16.1. The molecule has 0 fully saturated rings. The lowest BCUT2D eigenvalue weighted by Gasteiger charge is -2.11. The van der Waals surface area contributed by atoms with Crippen LogP contribution in [0.1, 0.15) is 67.5 Å². The van der Waals surface area contributed by atoms with Crippen LogP contribution in [0.2, 0.25) is 0 Å². The minimum atomic E-state index is -0.135. The predicted octanol–water partition coefficient (Wildman–Crippen LogP) is 9.27. The first-order valence-electron chi connectivity index (χ1n) is 12.1. The zero-order chi connectivity index (χ0) is 25.2. The standard InChI is InChI=1S/C24H23NO2.3C2H6/c1-3-5-9-17(4-2)21-14-20(19-12-13-23(26)24(27)16-19)15-22(25-21)18-10-7-6-8-11-18;3*1-2/h4-16,26-27H,3H2,1-2H3;3*1-2H3/b9-5-,17-4+;;;. The summed E-state index contributed by atoms with van der Waals surface area (Å²) >= 11 is 0. The summed E-state index contributed by atoms with van der Waals surface area (Å²) in [5, 5.41) is 19.5. The van der Waals surface area contributed by atoms with Crippen molar-refractivity contribution in [1.82, 2.24) is 4.98 Å². The van der Waals surface area contributed by atoms with Crippen molar-refractivity contribution < 1.29 is 10.2 Å². The van der Waals surface area contributed by atoms with Crippen molar-refractivity contribution in [2.45, 2.75) is 61.8 Å². The smallest absolute Gasteiger partial charge is 0.158 e. The van der Waals surface area contributed by atoms with Crippen LogP contribution in [-0.2, 0) is 0 Å². The number of phenols is 2. The van der Waals surface area contributed by atoms with Gasteiger partial charge in [-0.2, -0.15) is 0 Å². The van der Waals surface area contributed by atoms with Crippen LogP contribution >= 0.6 is 0 Å². The quantitative estimate of drug-likeness (QED) is 0.302. The number of aromatic hydroxyl groups is 2. The highest BCUT2D eigenvalue weighted by molar-refractivity contribution is 5.79. The molecule has 3 nitrogen and oxygen atoms in total. The summed E-state index contributed by atoms with van der Waals surface area (Å²) < 4.78 is 0. The van der Waals surface area contributed by atoms with Crippen LogP contribution in [0.25, 0.3) is 28.0 Å². The molecule has 0 unspecified atom stereocenters. The largest absolute Gasteiger partial charge is 0.504 e. The van der Waals surface area contributed by atoms with Crippen molar-refractivity contribution in [2.24, 2.45) is 0 Å². The molecule has 178 valence electrons. The number of rotatable bonds is 5. The van der Waals surface area contributed by atoms with Gasteiger partial charge in [-0.3, -0.25) is 0 Å². The van der Waals surface area contributed by atoms with Gasteiger partial charge in [-0.1, -0.05) is 103 Å². The number of hydrogen-bond acceptors (Lipinski definition) is 3. The molecule has 3 aromatic rings. The fourth-order valence-corrected chi connectivity index (χ4v) is 2.88. The van der Waals surface area contributed by atoms with E-state index in [9.17, 15) is 10.2 Å². The third-order valence-corrected chi connectivity index (χ3v) is 4.34. The predicted molar refractivity (Wildman–Crippen MR) is 146 cm³/mol. The molecule has 0 aliphatic rings. The Balaban J connectivity index is 0.00000158. The summed E-state index contributed by atoms with van der Waals surface area (Å²) in [5.74, 6) is -0.263. The van der Waals surface area contributed by atoms with Crippen molar-refractivity contribution in [2.75, 3.05) is 0 Å². The number of nitrogens with zero attached hydrogens (tertiary/aromatic N) is 1. The second kappa shape index (κ2) is 17.3. The lowest BCUT2D eigenvalue weighted by molar-refractivity contribution is 0.404. The number of aromatic nitrogens is 1. The second-order valence-corrected chi connectivity index (χ2v) is 6.25. The summed E-state index contributed by atoms with van der Waals surface area (Å²) in [6.45, 7) is 16.1. The van der Waals surface area contributed by atoms with Crippen LogP contribution in [-0.4, -0.2) is 15.2 Å². The highest BCUT2D eigenvalue weighted by Crippen LogP contribution is 2.33. The van der Waals surface area contributed by atoms with E-state index < -0.39 is 0 Å². The molecule has 1 aromatic heterocycles. The third-order valence-electron chi connectivity index (χ3n) is 4.34. The van der Waals surface area contributed by atoms with Crippen LogP contribution in [0.5, 0.6) is 11.5 Å². The molecular formula is C30H41NO2. The first kappa shape index (κ1) is 29.7. The normalized spacial score (nSPS) is 10.2.